The van der Waals surface area contributed by atoms with E-state index in [0.29, 0.717) is 6.04 Å². The molecule has 0 aliphatic heterocycles. The van der Waals surface area contributed by atoms with Crippen LogP contribution in [0.5, 0.6) is 0 Å². The number of nitrogens with one attached hydrogen (secondary N) is 1. The Morgan fingerprint density at radius 3 is 2.71 bits per heavy atom. The van der Waals surface area contributed by atoms with Crippen molar-refractivity contribution in [3.63, 3.8) is 0 Å². The number of aryl methyl sites for hydroxylation is 1. The van der Waals surface area contributed by atoms with Gasteiger partial charge in [-0.15, -0.1) is 11.3 Å². The summed E-state index contributed by atoms with van der Waals surface area (Å²) < 4.78 is 2.11. The molecule has 0 saturated heterocycles. The van der Waals surface area contributed by atoms with Gasteiger partial charge in [-0.05, 0) is 37.4 Å². The highest BCUT2D eigenvalue weighted by molar-refractivity contribution is 7.09. The summed E-state index contributed by atoms with van der Waals surface area (Å²) >= 11 is 1.80. The minimum atomic E-state index is 0.341. The summed E-state index contributed by atoms with van der Waals surface area (Å²) in [6, 6.07) is 14.9. The monoisotopic (exact) mass is 297 g/mol. The van der Waals surface area contributed by atoms with Crippen LogP contribution in [-0.4, -0.2) is 15.6 Å². The molecule has 0 saturated carbocycles. The van der Waals surface area contributed by atoms with Crippen LogP contribution in [0.25, 0.3) is 5.69 Å². The number of thiophene rings is 1. The molecule has 1 unspecified atom stereocenters. The van der Waals surface area contributed by atoms with Crippen molar-refractivity contribution in [1.82, 2.24) is 9.55 Å². The van der Waals surface area contributed by atoms with E-state index in [1.807, 2.05) is 25.1 Å². The highest BCUT2D eigenvalue weighted by atomic mass is 32.1. The van der Waals surface area contributed by atoms with E-state index in [9.17, 15) is 0 Å². The largest absolute Gasteiger partial charge is 0.353 e. The summed E-state index contributed by atoms with van der Waals surface area (Å²) in [5.74, 6) is 0.905. The Bertz CT molecular complexity index is 686. The second kappa shape index (κ2) is 6.14. The van der Waals surface area contributed by atoms with Gasteiger partial charge in [0.25, 0.3) is 0 Å². The quantitative estimate of drug-likeness (QED) is 0.761. The van der Waals surface area contributed by atoms with Gasteiger partial charge in [-0.2, -0.15) is 0 Å². The SMILES string of the molecule is Cc1cn(-c2ccccc2)c(NC(C)Cc2cccs2)n1. The van der Waals surface area contributed by atoms with Gasteiger partial charge in [0.15, 0.2) is 0 Å². The lowest BCUT2D eigenvalue weighted by atomic mass is 10.2. The zero-order chi connectivity index (χ0) is 14.7. The van der Waals surface area contributed by atoms with Crippen molar-refractivity contribution in [1.29, 1.82) is 0 Å². The standard InChI is InChI=1S/C17H19N3S/c1-13(11-16-9-6-10-21-16)18-17-19-14(2)12-20(17)15-7-4-3-5-8-15/h3-10,12-13H,11H2,1-2H3,(H,18,19). The number of hydrogen-bond acceptors (Lipinski definition) is 3. The third kappa shape index (κ3) is 3.34. The van der Waals surface area contributed by atoms with E-state index >= 15 is 0 Å². The first-order valence-electron chi connectivity index (χ1n) is 7.12. The number of para-hydroxylation sites is 1. The zero-order valence-electron chi connectivity index (χ0n) is 12.3. The van der Waals surface area contributed by atoms with Gasteiger partial charge < -0.3 is 5.32 Å². The second-order valence-electron chi connectivity index (χ2n) is 5.24. The Balaban J connectivity index is 1.79. The summed E-state index contributed by atoms with van der Waals surface area (Å²) in [7, 11) is 0. The fraction of sp³-hybridized carbons (Fsp3) is 0.235. The Morgan fingerprint density at radius 1 is 1.19 bits per heavy atom. The number of hydrogen-bond donors (Lipinski definition) is 1. The number of aromatic nitrogens is 2. The molecular weight excluding hydrogens is 278 g/mol. The average molecular weight is 297 g/mol. The van der Waals surface area contributed by atoms with Crippen LogP contribution >= 0.6 is 11.3 Å². The second-order valence-corrected chi connectivity index (χ2v) is 6.27. The molecule has 3 aromatic rings. The Kier molecular flexibility index (Phi) is 4.06. The first-order valence-corrected chi connectivity index (χ1v) is 8.00. The van der Waals surface area contributed by atoms with Crippen molar-refractivity contribution in [2.24, 2.45) is 0 Å². The van der Waals surface area contributed by atoms with Crippen molar-refractivity contribution < 1.29 is 0 Å². The van der Waals surface area contributed by atoms with Gasteiger partial charge in [0.2, 0.25) is 5.95 Å². The van der Waals surface area contributed by atoms with Gasteiger partial charge in [-0.1, -0.05) is 24.3 Å². The number of rotatable bonds is 5. The van der Waals surface area contributed by atoms with Crippen LogP contribution in [0.3, 0.4) is 0 Å². The molecule has 0 aliphatic carbocycles. The van der Waals surface area contributed by atoms with Gasteiger partial charge >= 0.3 is 0 Å². The maximum Gasteiger partial charge on any atom is 0.207 e. The summed E-state index contributed by atoms with van der Waals surface area (Å²) in [6.45, 7) is 4.22. The van der Waals surface area contributed by atoms with Crippen molar-refractivity contribution in [3.05, 3.63) is 64.6 Å². The molecule has 108 valence electrons. The van der Waals surface area contributed by atoms with Crippen molar-refractivity contribution in [2.45, 2.75) is 26.3 Å². The molecule has 2 aromatic heterocycles. The lowest BCUT2D eigenvalue weighted by Gasteiger charge is -2.15. The molecule has 0 radical (unpaired) electrons. The minimum Gasteiger partial charge on any atom is -0.353 e. The lowest BCUT2D eigenvalue weighted by Crippen LogP contribution is -2.20. The topological polar surface area (TPSA) is 29.9 Å². The van der Waals surface area contributed by atoms with Crippen LogP contribution in [0, 0.1) is 6.92 Å². The van der Waals surface area contributed by atoms with Crippen LogP contribution in [-0.2, 0) is 6.42 Å². The Hall–Kier alpha value is -2.07. The van der Waals surface area contributed by atoms with Crippen LogP contribution in [0.4, 0.5) is 5.95 Å². The van der Waals surface area contributed by atoms with Gasteiger partial charge in [0, 0.05) is 29.2 Å². The predicted molar refractivity (Wildman–Crippen MR) is 89.4 cm³/mol. The van der Waals surface area contributed by atoms with Crippen molar-refractivity contribution in [3.8, 4) is 5.69 Å². The van der Waals surface area contributed by atoms with Gasteiger partial charge in [0.1, 0.15) is 0 Å². The smallest absolute Gasteiger partial charge is 0.207 e. The minimum absolute atomic E-state index is 0.341. The number of imidazole rings is 1. The van der Waals surface area contributed by atoms with E-state index in [4.69, 9.17) is 0 Å². The molecule has 2 heterocycles. The summed E-state index contributed by atoms with van der Waals surface area (Å²) in [5, 5.41) is 5.65. The third-order valence-electron chi connectivity index (χ3n) is 3.32. The first-order chi connectivity index (χ1) is 10.2. The van der Waals surface area contributed by atoms with E-state index in [1.165, 1.54) is 4.88 Å². The predicted octanol–water partition coefficient (Wildman–Crippen LogP) is 4.29. The first kappa shape index (κ1) is 13.9. The Labute approximate surface area is 129 Å². The highest BCUT2D eigenvalue weighted by Crippen LogP contribution is 2.19. The van der Waals surface area contributed by atoms with Gasteiger partial charge in [-0.3, -0.25) is 4.57 Å². The van der Waals surface area contributed by atoms with E-state index in [1.54, 1.807) is 11.3 Å². The molecule has 0 fully saturated rings. The van der Waals surface area contributed by atoms with Gasteiger partial charge in [0.05, 0.1) is 5.69 Å². The zero-order valence-corrected chi connectivity index (χ0v) is 13.1. The molecule has 1 N–H and O–H groups in total. The molecule has 21 heavy (non-hydrogen) atoms. The lowest BCUT2D eigenvalue weighted by molar-refractivity contribution is 0.781. The van der Waals surface area contributed by atoms with Crippen LogP contribution in [0.2, 0.25) is 0 Å². The molecule has 0 spiro atoms. The maximum absolute atomic E-state index is 4.61. The fourth-order valence-electron chi connectivity index (χ4n) is 2.39. The fourth-order valence-corrected chi connectivity index (χ4v) is 3.22. The van der Waals surface area contributed by atoms with Crippen LogP contribution in [0.1, 0.15) is 17.5 Å². The molecule has 0 amide bonds. The van der Waals surface area contributed by atoms with E-state index in [0.717, 1.165) is 23.8 Å². The Morgan fingerprint density at radius 2 is 2.00 bits per heavy atom. The normalized spacial score (nSPS) is 12.3. The molecule has 0 aliphatic rings. The molecule has 0 bridgehead atoms. The number of anilines is 1. The highest BCUT2D eigenvalue weighted by Gasteiger charge is 2.11. The van der Waals surface area contributed by atoms with Gasteiger partial charge in [-0.25, -0.2) is 4.98 Å². The molecule has 1 atom stereocenters. The summed E-state index contributed by atoms with van der Waals surface area (Å²) in [4.78, 5) is 6.00. The van der Waals surface area contributed by atoms with E-state index < -0.39 is 0 Å². The average Bonchev–Trinajstić information content (AvgIpc) is 3.09. The molecule has 3 rings (SSSR count). The number of nitrogens with zero attached hydrogens (tertiary/aromatic N) is 2. The van der Waals surface area contributed by atoms with E-state index in [2.05, 4.69) is 57.6 Å². The maximum atomic E-state index is 4.61. The summed E-state index contributed by atoms with van der Waals surface area (Å²) in [6.07, 6.45) is 3.08. The van der Waals surface area contributed by atoms with Crippen molar-refractivity contribution in [2.75, 3.05) is 5.32 Å². The third-order valence-corrected chi connectivity index (χ3v) is 4.22. The molecular formula is C17H19N3S. The molecule has 3 nitrogen and oxygen atoms in total. The van der Waals surface area contributed by atoms with Crippen LogP contribution < -0.4 is 5.32 Å². The molecule has 1 aromatic carbocycles. The van der Waals surface area contributed by atoms with Crippen molar-refractivity contribution >= 4 is 17.3 Å². The van der Waals surface area contributed by atoms with E-state index in [-0.39, 0.29) is 0 Å². The van der Waals surface area contributed by atoms with Crippen LogP contribution in [0.15, 0.2) is 54.0 Å². The number of benzene rings is 1. The molecule has 4 heteroatoms. The summed E-state index contributed by atoms with van der Waals surface area (Å²) in [5.41, 5.74) is 2.15.